The van der Waals surface area contributed by atoms with Crippen molar-refractivity contribution in [3.63, 3.8) is 0 Å². The van der Waals surface area contributed by atoms with E-state index in [-0.39, 0.29) is 17.6 Å². The van der Waals surface area contributed by atoms with Gasteiger partial charge in [-0.3, -0.25) is 9.59 Å². The molecule has 0 radical (unpaired) electrons. The zero-order valence-electron chi connectivity index (χ0n) is 14.2. The van der Waals surface area contributed by atoms with Gasteiger partial charge in [-0.2, -0.15) is 0 Å². The highest BCUT2D eigenvalue weighted by atomic mass is 32.2. The quantitative estimate of drug-likeness (QED) is 0.879. The summed E-state index contributed by atoms with van der Waals surface area (Å²) in [6.07, 6.45) is 3.28. The molecule has 1 atom stereocenters. The monoisotopic (exact) mass is 379 g/mol. The summed E-state index contributed by atoms with van der Waals surface area (Å²) in [7, 11) is 0. The van der Waals surface area contributed by atoms with E-state index in [4.69, 9.17) is 4.74 Å². The third-order valence-corrected chi connectivity index (χ3v) is 6.80. The van der Waals surface area contributed by atoms with Gasteiger partial charge < -0.3 is 14.6 Å². The van der Waals surface area contributed by atoms with Crippen molar-refractivity contribution in [2.45, 2.75) is 38.0 Å². The van der Waals surface area contributed by atoms with Crippen LogP contribution in [0.15, 0.2) is 4.79 Å². The smallest absolute Gasteiger partial charge is 0.259 e. The highest BCUT2D eigenvalue weighted by Crippen LogP contribution is 2.34. The largest absolute Gasteiger partial charge is 0.375 e. The van der Waals surface area contributed by atoms with Crippen LogP contribution in [0.4, 0.5) is 0 Å². The third-order valence-electron chi connectivity index (χ3n) is 4.68. The van der Waals surface area contributed by atoms with Crippen LogP contribution in [0.1, 0.15) is 29.6 Å². The van der Waals surface area contributed by atoms with Crippen molar-refractivity contribution in [1.82, 2.24) is 14.9 Å². The number of hydrogen-bond acceptors (Lipinski definition) is 6. The number of hydrogen-bond donors (Lipinski definition) is 1. The Balaban J connectivity index is 1.40. The minimum atomic E-state index is -0.0340. The van der Waals surface area contributed by atoms with E-state index in [1.807, 2.05) is 11.8 Å². The summed E-state index contributed by atoms with van der Waals surface area (Å²) in [6, 6.07) is 0. The van der Waals surface area contributed by atoms with E-state index in [1.165, 1.54) is 22.2 Å². The van der Waals surface area contributed by atoms with E-state index in [0.717, 1.165) is 29.5 Å². The van der Waals surface area contributed by atoms with Gasteiger partial charge in [-0.25, -0.2) is 4.98 Å². The van der Waals surface area contributed by atoms with E-state index in [9.17, 15) is 9.59 Å². The van der Waals surface area contributed by atoms with Crippen molar-refractivity contribution in [1.29, 1.82) is 0 Å². The van der Waals surface area contributed by atoms with Crippen LogP contribution in [0.2, 0.25) is 0 Å². The van der Waals surface area contributed by atoms with Crippen molar-refractivity contribution in [2.24, 2.45) is 0 Å². The number of carbonyl (C=O) groups is 1. The number of thioether (sulfide) groups is 1. The molecule has 1 aliphatic heterocycles. The summed E-state index contributed by atoms with van der Waals surface area (Å²) in [5.41, 5.74) is 1.16. The fourth-order valence-electron chi connectivity index (χ4n) is 3.49. The van der Waals surface area contributed by atoms with Gasteiger partial charge >= 0.3 is 0 Å². The zero-order chi connectivity index (χ0) is 17.4. The maximum atomic E-state index is 12.4. The lowest BCUT2D eigenvalue weighted by molar-refractivity contribution is -0.135. The predicted molar refractivity (Wildman–Crippen MR) is 100 cm³/mol. The Morgan fingerprint density at radius 3 is 3.20 bits per heavy atom. The molecule has 1 unspecified atom stereocenters. The predicted octanol–water partition coefficient (Wildman–Crippen LogP) is 1.95. The van der Waals surface area contributed by atoms with Crippen LogP contribution in [0.3, 0.4) is 0 Å². The van der Waals surface area contributed by atoms with Gasteiger partial charge in [-0.05, 0) is 31.7 Å². The van der Waals surface area contributed by atoms with Crippen LogP contribution in [0, 0.1) is 0 Å². The summed E-state index contributed by atoms with van der Waals surface area (Å²) in [5.74, 6) is 1.72. The number of thiophene rings is 1. The maximum absolute atomic E-state index is 12.4. The van der Waals surface area contributed by atoms with Crippen LogP contribution in [-0.4, -0.2) is 52.3 Å². The van der Waals surface area contributed by atoms with Crippen molar-refractivity contribution in [3.8, 4) is 0 Å². The molecule has 2 aromatic heterocycles. The van der Waals surface area contributed by atoms with E-state index in [1.54, 1.807) is 11.3 Å². The Morgan fingerprint density at radius 1 is 1.48 bits per heavy atom. The molecule has 0 bridgehead atoms. The molecule has 6 nitrogen and oxygen atoms in total. The van der Waals surface area contributed by atoms with Gasteiger partial charge in [0.1, 0.15) is 10.7 Å². The number of carbonyl (C=O) groups excluding carboxylic acids is 1. The average molecular weight is 380 g/mol. The summed E-state index contributed by atoms with van der Waals surface area (Å²) in [4.78, 5) is 36.2. The highest BCUT2D eigenvalue weighted by Gasteiger charge is 2.22. The van der Waals surface area contributed by atoms with E-state index < -0.39 is 0 Å². The number of nitrogens with zero attached hydrogens (tertiary/aromatic N) is 2. The third kappa shape index (κ3) is 3.47. The van der Waals surface area contributed by atoms with Crippen molar-refractivity contribution < 1.29 is 9.53 Å². The van der Waals surface area contributed by atoms with Crippen molar-refractivity contribution >= 4 is 39.2 Å². The normalized spacial score (nSPS) is 20.2. The minimum Gasteiger partial charge on any atom is -0.375 e. The van der Waals surface area contributed by atoms with Crippen molar-refractivity contribution in [3.05, 3.63) is 26.6 Å². The molecular formula is C17H21N3O3S2. The first-order valence-electron chi connectivity index (χ1n) is 8.62. The van der Waals surface area contributed by atoms with Gasteiger partial charge in [0.15, 0.2) is 0 Å². The second-order valence-corrected chi connectivity index (χ2v) is 8.63. The lowest BCUT2D eigenvalue weighted by atomic mass is 10.2. The van der Waals surface area contributed by atoms with Gasteiger partial charge in [0, 0.05) is 18.0 Å². The molecule has 134 valence electrons. The molecule has 1 aliphatic carbocycles. The van der Waals surface area contributed by atoms with Gasteiger partial charge in [-0.1, -0.05) is 0 Å². The first-order valence-corrected chi connectivity index (χ1v) is 10.6. The van der Waals surface area contributed by atoms with Gasteiger partial charge in [0.2, 0.25) is 5.91 Å². The second kappa shape index (κ2) is 7.09. The summed E-state index contributed by atoms with van der Waals surface area (Å²) >= 11 is 3.15. The van der Waals surface area contributed by atoms with Gasteiger partial charge in [0.25, 0.3) is 5.56 Å². The molecule has 0 saturated carbocycles. The molecule has 3 heterocycles. The molecular weight excluding hydrogens is 358 g/mol. The molecule has 2 aliphatic rings. The van der Waals surface area contributed by atoms with Gasteiger partial charge in [0.05, 0.1) is 29.6 Å². The van der Waals surface area contributed by atoms with E-state index in [0.29, 0.717) is 37.0 Å². The number of rotatable bonds is 4. The van der Waals surface area contributed by atoms with Crippen LogP contribution < -0.4 is 5.56 Å². The number of morpholine rings is 1. The Kier molecular flexibility index (Phi) is 4.84. The lowest BCUT2D eigenvalue weighted by Gasteiger charge is -2.31. The number of aromatic amines is 1. The molecule has 0 spiro atoms. The standard InChI is InChI=1S/C17H21N3O3S2/c1-10-7-20(5-6-23-10)14(21)9-24-8-13-18-16(22)15-11-3-2-4-12(11)25-17(15)19-13/h10H,2-9H2,1H3,(H,18,19,22). The van der Waals surface area contributed by atoms with Crippen LogP contribution in [0.25, 0.3) is 10.2 Å². The van der Waals surface area contributed by atoms with Crippen LogP contribution in [0.5, 0.6) is 0 Å². The zero-order valence-corrected chi connectivity index (χ0v) is 15.8. The average Bonchev–Trinajstić information content (AvgIpc) is 3.15. The fourth-order valence-corrected chi connectivity index (χ4v) is 5.56. The van der Waals surface area contributed by atoms with Crippen LogP contribution in [-0.2, 0) is 28.1 Å². The fraction of sp³-hybridized carbons (Fsp3) is 0.588. The molecule has 4 rings (SSSR count). The molecule has 25 heavy (non-hydrogen) atoms. The maximum Gasteiger partial charge on any atom is 0.259 e. The Bertz CT molecular complexity index is 861. The molecule has 2 aromatic rings. The SMILES string of the molecule is CC1CN(C(=O)CSCc2nc3sc4c(c3c(=O)[nH]2)CCC4)CCO1. The van der Waals surface area contributed by atoms with E-state index >= 15 is 0 Å². The molecule has 1 amide bonds. The number of nitrogens with one attached hydrogen (secondary N) is 1. The first-order chi connectivity index (χ1) is 12.1. The first kappa shape index (κ1) is 17.1. The number of aromatic nitrogens is 2. The van der Waals surface area contributed by atoms with E-state index in [2.05, 4.69) is 9.97 Å². The Labute approximate surface area is 154 Å². The Hall–Kier alpha value is -1.38. The molecule has 1 fully saturated rings. The second-order valence-electron chi connectivity index (χ2n) is 6.56. The molecule has 0 aromatic carbocycles. The number of H-pyrrole nitrogens is 1. The number of aryl methyl sites for hydroxylation is 2. The minimum absolute atomic E-state index is 0.0340. The summed E-state index contributed by atoms with van der Waals surface area (Å²) in [6.45, 7) is 3.90. The molecule has 1 saturated heterocycles. The Morgan fingerprint density at radius 2 is 2.36 bits per heavy atom. The van der Waals surface area contributed by atoms with Crippen LogP contribution >= 0.6 is 23.1 Å². The number of amides is 1. The number of fused-ring (bicyclic) bond motifs is 3. The summed E-state index contributed by atoms with van der Waals surface area (Å²) < 4.78 is 5.46. The number of ether oxygens (including phenoxy) is 1. The lowest BCUT2D eigenvalue weighted by Crippen LogP contribution is -2.45. The highest BCUT2D eigenvalue weighted by molar-refractivity contribution is 7.99. The summed E-state index contributed by atoms with van der Waals surface area (Å²) in [5, 5.41) is 0.782. The van der Waals surface area contributed by atoms with Gasteiger partial charge in [-0.15, -0.1) is 23.1 Å². The van der Waals surface area contributed by atoms with Crippen molar-refractivity contribution in [2.75, 3.05) is 25.4 Å². The molecule has 8 heteroatoms. The topological polar surface area (TPSA) is 75.3 Å². The molecule has 1 N–H and O–H groups in total.